The molecule has 3 rings (SSSR count). The summed E-state index contributed by atoms with van der Waals surface area (Å²) in [4.78, 5) is 21.8. The van der Waals surface area contributed by atoms with Crippen molar-refractivity contribution >= 4 is 36.9 Å². The number of halogens is 1. The summed E-state index contributed by atoms with van der Waals surface area (Å²) in [7, 11) is 1.54. The molecule has 2 bridgehead atoms. The number of oxime groups is 1. The van der Waals surface area contributed by atoms with Gasteiger partial charge in [-0.3, -0.25) is 14.6 Å². The standard InChI is InChI=1S/C26H40FN4O3S2.O.Tc/c1-3-22(29-34-2)25-21(18-5-7-19(27)8-6-18)15-20-16-23(32)26(25)31(20)11-4-10-30(12-14-36)17-24(33)28-9-13-35;;/h5-8,20-21,23,25-26,35-36H,3-4,9-17H2,1-2H3,(H,28,33);;/q-1;-2;+5/p-2/b29-22+;;/t20?,21-,23?,25-,26?;;/m1../s1/i;;1+0. The summed E-state index contributed by atoms with van der Waals surface area (Å²) in [5.74, 6) is 0.754. The zero-order valence-electron chi connectivity index (χ0n) is 22.0. The Balaban J connectivity index is 0.00000361. The molecule has 2 saturated heterocycles. The number of benzene rings is 1. The molecule has 0 aromatic heterocycles. The van der Waals surface area contributed by atoms with Gasteiger partial charge >= 0.3 is 20.1 Å². The first-order valence-electron chi connectivity index (χ1n) is 12.9. The number of rotatable bonds is 14. The number of hydrogen-bond donors (Lipinski definition) is 1. The summed E-state index contributed by atoms with van der Waals surface area (Å²) in [5.41, 5.74) is 1.93. The van der Waals surface area contributed by atoms with E-state index in [0.29, 0.717) is 44.0 Å². The van der Waals surface area contributed by atoms with Crippen molar-refractivity contribution in [3.63, 3.8) is 0 Å². The molecule has 3 unspecified atom stereocenters. The molecule has 2 fully saturated rings. The molecule has 38 heavy (non-hydrogen) atoms. The number of nitrogens with one attached hydrogen (secondary N) is 1. The Kier molecular flexibility index (Phi) is 16.6. The Morgan fingerprint density at radius 1 is 1.24 bits per heavy atom. The number of fused-ring (bicyclic) bond motifs is 2. The Morgan fingerprint density at radius 3 is 2.55 bits per heavy atom. The topological polar surface area (TPSA) is 109 Å². The second-order valence-corrected chi connectivity index (χ2v) is 10.4. The van der Waals surface area contributed by atoms with Crippen LogP contribution >= 0.6 is 0 Å². The molecule has 1 aromatic rings. The van der Waals surface area contributed by atoms with Gasteiger partial charge in [0.25, 0.3) is 0 Å². The van der Waals surface area contributed by atoms with Crippen molar-refractivity contribution in [1.82, 2.24) is 15.1 Å². The summed E-state index contributed by atoms with van der Waals surface area (Å²) < 4.78 is 13.6. The predicted octanol–water partition coefficient (Wildman–Crippen LogP) is 1.29. The maximum Gasteiger partial charge on any atom is 5.00 e. The van der Waals surface area contributed by atoms with Gasteiger partial charge in [0.05, 0.1) is 12.3 Å². The smallest absolute Gasteiger partial charge is 2.00 e. The molecule has 2 heterocycles. The second-order valence-electron chi connectivity index (χ2n) is 9.58. The summed E-state index contributed by atoms with van der Waals surface area (Å²) in [5, 5.41) is 20.6. The fraction of sp³-hybridized carbons (Fsp3) is 0.692. The average Bonchev–Trinajstić information content (AvgIpc) is 3.07. The molecule has 2 aliphatic heterocycles. The molecule has 0 radical (unpaired) electrons. The zero-order valence-corrected chi connectivity index (χ0v) is 25.5. The molecule has 12 heteroatoms. The van der Waals surface area contributed by atoms with Gasteiger partial charge in [0.1, 0.15) is 12.9 Å². The Labute approximate surface area is 250 Å². The van der Waals surface area contributed by atoms with Crippen LogP contribution in [0.5, 0.6) is 0 Å². The summed E-state index contributed by atoms with van der Waals surface area (Å²) in [6.45, 7) is 5.01. The molecule has 0 aliphatic carbocycles. The van der Waals surface area contributed by atoms with E-state index in [-0.39, 0.29) is 61.2 Å². The Bertz CT molecular complexity index is 870. The van der Waals surface area contributed by atoms with Crippen LogP contribution in [0.15, 0.2) is 29.4 Å². The van der Waals surface area contributed by atoms with Crippen molar-refractivity contribution in [1.29, 1.82) is 0 Å². The van der Waals surface area contributed by atoms with E-state index in [4.69, 9.17) is 30.1 Å². The van der Waals surface area contributed by atoms with E-state index in [2.05, 4.69) is 20.3 Å². The van der Waals surface area contributed by atoms with E-state index in [1.54, 1.807) is 0 Å². The number of hydrogen-bond acceptors (Lipinski definition) is 8. The third-order valence-corrected chi connectivity index (χ3v) is 7.79. The average molecular weight is 652 g/mol. The van der Waals surface area contributed by atoms with Gasteiger partial charge in [0.2, 0.25) is 5.91 Å². The molecule has 1 aromatic carbocycles. The minimum Gasteiger partial charge on any atom is -2.00 e. The Hall–Kier alpha value is -0.721. The van der Waals surface area contributed by atoms with Gasteiger partial charge in [-0.1, -0.05) is 24.2 Å². The molecular formula is C26H38FN4O4S2Tc. The van der Waals surface area contributed by atoms with Crippen LogP contribution in [-0.2, 0) is 60.5 Å². The van der Waals surface area contributed by atoms with Crippen molar-refractivity contribution in [2.24, 2.45) is 11.1 Å². The van der Waals surface area contributed by atoms with Gasteiger partial charge in [-0.25, -0.2) is 4.39 Å². The number of carbonyl (C=O) groups is 1. The van der Waals surface area contributed by atoms with E-state index in [0.717, 1.165) is 37.2 Å². The molecule has 5 atom stereocenters. The van der Waals surface area contributed by atoms with E-state index in [1.165, 1.54) is 19.2 Å². The normalized spacial score (nSPS) is 25.0. The second kappa shape index (κ2) is 17.9. The molecule has 1 N–H and O–H groups in total. The predicted molar refractivity (Wildman–Crippen MR) is 144 cm³/mol. The first-order chi connectivity index (χ1) is 17.4. The summed E-state index contributed by atoms with van der Waals surface area (Å²) in [6, 6.07) is 6.64. The van der Waals surface area contributed by atoms with Gasteiger partial charge in [-0.05, 0) is 75.5 Å². The van der Waals surface area contributed by atoms with Crippen molar-refractivity contribution in [2.75, 3.05) is 51.3 Å². The minimum atomic E-state index is -0.716. The number of amides is 1. The van der Waals surface area contributed by atoms with Gasteiger partial charge in [-0.2, -0.15) is 11.5 Å². The number of nitrogens with zero attached hydrogens (tertiary/aromatic N) is 3. The minimum absolute atomic E-state index is 0. The van der Waals surface area contributed by atoms with Crippen molar-refractivity contribution in [3.05, 3.63) is 35.6 Å². The molecule has 2 aliphatic rings. The maximum atomic E-state index is 13.6. The molecular weight excluding hydrogens is 613 g/mol. The number of carbonyl (C=O) groups excluding carboxylic acids is 1. The van der Waals surface area contributed by atoms with Crippen LogP contribution in [0.4, 0.5) is 4.39 Å². The van der Waals surface area contributed by atoms with Gasteiger partial charge in [0.15, 0.2) is 0 Å². The number of piperidine rings is 1. The van der Waals surface area contributed by atoms with Crippen LogP contribution in [0.3, 0.4) is 0 Å². The monoisotopic (exact) mass is 651 g/mol. The van der Waals surface area contributed by atoms with Crippen LogP contribution in [0.25, 0.3) is 0 Å². The van der Waals surface area contributed by atoms with E-state index >= 15 is 0 Å². The van der Waals surface area contributed by atoms with Crippen molar-refractivity contribution < 1.29 is 44.7 Å². The fourth-order valence-electron chi connectivity index (χ4n) is 5.96. The van der Waals surface area contributed by atoms with E-state index in [1.807, 2.05) is 19.1 Å². The van der Waals surface area contributed by atoms with Crippen LogP contribution < -0.4 is 10.4 Å². The third kappa shape index (κ3) is 9.16. The molecule has 1 amide bonds. The molecule has 0 spiro atoms. The summed E-state index contributed by atoms with van der Waals surface area (Å²) in [6.07, 6.45) is 2.23. The first-order valence-corrected chi connectivity index (χ1v) is 14.0. The van der Waals surface area contributed by atoms with E-state index in [9.17, 15) is 14.3 Å². The van der Waals surface area contributed by atoms with Gasteiger partial charge < -0.3 is 46.0 Å². The van der Waals surface area contributed by atoms with Gasteiger partial charge in [0, 0.05) is 18.0 Å². The van der Waals surface area contributed by atoms with Crippen LogP contribution in [0, 0.1) is 11.7 Å². The largest absolute Gasteiger partial charge is 5.00 e. The third-order valence-electron chi connectivity index (χ3n) is 7.41. The zero-order chi connectivity index (χ0) is 26.1. The summed E-state index contributed by atoms with van der Waals surface area (Å²) >= 11 is 10.1. The first kappa shape index (κ1) is 35.3. The Morgan fingerprint density at radius 2 is 1.95 bits per heavy atom. The molecule has 0 saturated carbocycles. The van der Waals surface area contributed by atoms with Gasteiger partial charge in [-0.15, -0.1) is 6.10 Å². The fourth-order valence-corrected chi connectivity index (χ4v) is 6.33. The van der Waals surface area contributed by atoms with Crippen LogP contribution in [0.1, 0.15) is 44.1 Å². The van der Waals surface area contributed by atoms with Crippen LogP contribution in [0.2, 0.25) is 0 Å². The van der Waals surface area contributed by atoms with Crippen molar-refractivity contribution in [3.8, 4) is 0 Å². The van der Waals surface area contributed by atoms with Crippen molar-refractivity contribution in [2.45, 2.75) is 56.7 Å². The maximum absolute atomic E-state index is 13.6. The quantitative estimate of drug-likeness (QED) is 0.184. The molecule has 8 nitrogen and oxygen atoms in total. The van der Waals surface area contributed by atoms with Crippen LogP contribution in [-0.4, -0.2) is 90.9 Å². The van der Waals surface area contributed by atoms with E-state index < -0.39 is 6.10 Å². The molecule has 212 valence electrons. The SMILES string of the molecule is CC/C(=N\OC)[C@@H]1C2C([O-])CC(C[C@@H]1c1ccc(F)cc1)N2CCCN(CC[S-])CC(=O)NCC[S-].[98Tc+5].[O-2].